The first-order chi connectivity index (χ1) is 6.83. The quantitative estimate of drug-likeness (QED) is 0.543. The zero-order valence-corrected chi connectivity index (χ0v) is 7.77. The number of anilines is 1. The minimum atomic E-state index is 0.479. The number of aryl methyl sites for hydroxylation is 1. The van der Waals surface area contributed by atoms with Crippen LogP contribution in [0.4, 0.5) is 5.82 Å². The largest absolute Gasteiger partial charge is 0.368 e. The summed E-state index contributed by atoms with van der Waals surface area (Å²) in [7, 11) is 0. The second-order valence-corrected chi connectivity index (χ2v) is 3.00. The molecule has 5 heteroatoms. The molecule has 0 unspecified atom stereocenters. The Kier molecular flexibility index (Phi) is 2.14. The van der Waals surface area contributed by atoms with Crippen molar-refractivity contribution in [3.05, 3.63) is 25.3 Å². The number of nitrogens with one attached hydrogen (secondary N) is 1. The normalized spacial score (nSPS) is 10.6. The van der Waals surface area contributed by atoms with E-state index in [0.29, 0.717) is 5.82 Å². The van der Waals surface area contributed by atoms with Crippen molar-refractivity contribution < 1.29 is 4.57 Å². The van der Waals surface area contributed by atoms with Crippen LogP contribution in [0.2, 0.25) is 0 Å². The Labute approximate surface area is 81.3 Å². The van der Waals surface area contributed by atoms with E-state index in [1.54, 1.807) is 12.7 Å². The van der Waals surface area contributed by atoms with Crippen molar-refractivity contribution >= 4 is 17.0 Å². The van der Waals surface area contributed by atoms with Crippen molar-refractivity contribution in [3.8, 4) is 0 Å². The first kappa shape index (κ1) is 8.68. The number of aromatic nitrogens is 4. The van der Waals surface area contributed by atoms with Gasteiger partial charge in [-0.3, -0.25) is 0 Å². The summed E-state index contributed by atoms with van der Waals surface area (Å²) in [4.78, 5) is 11.2. The van der Waals surface area contributed by atoms with Crippen LogP contribution >= 0.6 is 0 Å². The Morgan fingerprint density at radius 3 is 3.21 bits per heavy atom. The highest BCUT2D eigenvalue weighted by atomic mass is 15.1. The zero-order chi connectivity index (χ0) is 9.97. The molecule has 2 aromatic rings. The molecule has 0 spiro atoms. The molecule has 0 saturated carbocycles. The third-order valence-corrected chi connectivity index (χ3v) is 2.06. The Morgan fingerprint density at radius 2 is 2.43 bits per heavy atom. The fourth-order valence-electron chi connectivity index (χ4n) is 1.34. The van der Waals surface area contributed by atoms with Gasteiger partial charge in [-0.1, -0.05) is 16.0 Å². The SMILES string of the molecule is C=CCC[n+]1cnc(N)c2[nH]cnc21. The van der Waals surface area contributed by atoms with Crippen LogP contribution in [0.1, 0.15) is 6.42 Å². The number of H-pyrrole nitrogens is 1. The third kappa shape index (κ3) is 1.32. The number of aromatic amines is 1. The van der Waals surface area contributed by atoms with Crippen LogP contribution < -0.4 is 10.3 Å². The maximum absolute atomic E-state index is 5.68. The molecule has 0 aliphatic carbocycles. The summed E-state index contributed by atoms with van der Waals surface area (Å²) in [5.74, 6) is 0.479. The first-order valence-corrected chi connectivity index (χ1v) is 4.41. The van der Waals surface area contributed by atoms with Crippen molar-refractivity contribution in [2.45, 2.75) is 13.0 Å². The number of imidazole rings is 1. The van der Waals surface area contributed by atoms with Crippen LogP contribution in [-0.2, 0) is 6.54 Å². The van der Waals surface area contributed by atoms with Crippen LogP contribution in [0.3, 0.4) is 0 Å². The maximum atomic E-state index is 5.68. The van der Waals surface area contributed by atoms with Gasteiger partial charge < -0.3 is 10.7 Å². The fraction of sp³-hybridized carbons (Fsp3) is 0.222. The van der Waals surface area contributed by atoms with Gasteiger partial charge in [0.2, 0.25) is 12.1 Å². The van der Waals surface area contributed by atoms with Gasteiger partial charge in [0, 0.05) is 0 Å². The van der Waals surface area contributed by atoms with Gasteiger partial charge in [-0.15, -0.1) is 6.58 Å². The molecular formula is C9H12N5+. The molecular weight excluding hydrogens is 178 g/mol. The lowest BCUT2D eigenvalue weighted by atomic mass is 10.4. The standard InChI is InChI=1S/C9H11N5/c1-2-3-4-14-6-13-8(10)7-9(14)12-5-11-7/h2,5-6H,1,3-4H2,(H2,10,11,12)/p+1. The minimum absolute atomic E-state index is 0.479. The molecule has 0 saturated heterocycles. The lowest BCUT2D eigenvalue weighted by molar-refractivity contribution is -0.675. The number of allylic oxidation sites excluding steroid dienone is 1. The smallest absolute Gasteiger partial charge is 0.293 e. The van der Waals surface area contributed by atoms with E-state index in [9.17, 15) is 0 Å². The van der Waals surface area contributed by atoms with Crippen LogP contribution in [0.25, 0.3) is 11.2 Å². The van der Waals surface area contributed by atoms with Crippen LogP contribution in [0.5, 0.6) is 0 Å². The highest BCUT2D eigenvalue weighted by Gasteiger charge is 2.12. The highest BCUT2D eigenvalue weighted by Crippen LogP contribution is 2.08. The summed E-state index contributed by atoms with van der Waals surface area (Å²) < 4.78 is 1.95. The van der Waals surface area contributed by atoms with Gasteiger partial charge >= 0.3 is 0 Å². The van der Waals surface area contributed by atoms with Crippen molar-refractivity contribution in [2.75, 3.05) is 5.73 Å². The zero-order valence-electron chi connectivity index (χ0n) is 7.77. The molecule has 2 rings (SSSR count). The number of rotatable bonds is 3. The molecule has 0 aliphatic rings. The van der Waals surface area contributed by atoms with Crippen molar-refractivity contribution in [1.29, 1.82) is 0 Å². The number of hydrogen-bond acceptors (Lipinski definition) is 3. The topological polar surface area (TPSA) is 71.5 Å². The van der Waals surface area contributed by atoms with Gasteiger partial charge in [-0.2, -0.15) is 0 Å². The average molecular weight is 190 g/mol. The van der Waals surface area contributed by atoms with E-state index in [1.807, 2.05) is 10.6 Å². The summed E-state index contributed by atoms with van der Waals surface area (Å²) in [6, 6.07) is 0. The molecule has 0 bridgehead atoms. The van der Waals surface area contributed by atoms with E-state index in [1.165, 1.54) is 0 Å². The average Bonchev–Trinajstić information content (AvgIpc) is 2.66. The lowest BCUT2D eigenvalue weighted by Crippen LogP contribution is -2.35. The van der Waals surface area contributed by atoms with Crippen LogP contribution in [0, 0.1) is 0 Å². The monoisotopic (exact) mass is 190 g/mol. The van der Waals surface area contributed by atoms with Gasteiger partial charge in [0.1, 0.15) is 0 Å². The molecule has 14 heavy (non-hydrogen) atoms. The van der Waals surface area contributed by atoms with E-state index in [-0.39, 0.29) is 0 Å². The summed E-state index contributed by atoms with van der Waals surface area (Å²) in [6.07, 6.45) is 6.06. The molecule has 2 aromatic heterocycles. The van der Waals surface area contributed by atoms with Gasteiger partial charge in [0.15, 0.2) is 11.8 Å². The predicted molar refractivity (Wildman–Crippen MR) is 53.3 cm³/mol. The number of nitrogens with two attached hydrogens (primary N) is 1. The number of nitrogen functional groups attached to an aromatic ring is 1. The minimum Gasteiger partial charge on any atom is -0.368 e. The highest BCUT2D eigenvalue weighted by molar-refractivity contribution is 5.77. The first-order valence-electron chi connectivity index (χ1n) is 4.41. The van der Waals surface area contributed by atoms with Crippen molar-refractivity contribution in [2.24, 2.45) is 0 Å². The van der Waals surface area contributed by atoms with E-state index in [4.69, 9.17) is 5.73 Å². The van der Waals surface area contributed by atoms with Gasteiger partial charge in [0.25, 0.3) is 5.65 Å². The second-order valence-electron chi connectivity index (χ2n) is 3.00. The molecule has 0 radical (unpaired) electrons. The molecule has 0 atom stereocenters. The molecule has 3 N–H and O–H groups in total. The number of hydrogen-bond donors (Lipinski definition) is 2. The van der Waals surface area contributed by atoms with E-state index in [2.05, 4.69) is 21.5 Å². The Bertz CT molecular complexity index is 459. The van der Waals surface area contributed by atoms with Gasteiger partial charge in [-0.25, -0.2) is 4.57 Å². The van der Waals surface area contributed by atoms with E-state index in [0.717, 1.165) is 24.1 Å². The molecule has 2 heterocycles. The lowest BCUT2D eigenvalue weighted by Gasteiger charge is -1.97. The predicted octanol–water partition coefficient (Wildman–Crippen LogP) is 0.404. The van der Waals surface area contributed by atoms with Crippen LogP contribution in [0.15, 0.2) is 25.3 Å². The summed E-state index contributed by atoms with van der Waals surface area (Å²) in [6.45, 7) is 4.49. The molecule has 5 nitrogen and oxygen atoms in total. The van der Waals surface area contributed by atoms with Gasteiger partial charge in [0.05, 0.1) is 6.54 Å². The van der Waals surface area contributed by atoms with Crippen molar-refractivity contribution in [1.82, 2.24) is 15.0 Å². The van der Waals surface area contributed by atoms with E-state index >= 15 is 0 Å². The number of fused-ring (bicyclic) bond motifs is 1. The summed E-state index contributed by atoms with van der Waals surface area (Å²) in [5.41, 5.74) is 7.30. The van der Waals surface area contributed by atoms with Gasteiger partial charge in [-0.05, 0) is 6.42 Å². The molecule has 0 aliphatic heterocycles. The summed E-state index contributed by atoms with van der Waals surface area (Å²) >= 11 is 0. The third-order valence-electron chi connectivity index (χ3n) is 2.06. The Morgan fingerprint density at radius 1 is 1.57 bits per heavy atom. The van der Waals surface area contributed by atoms with Crippen LogP contribution in [-0.4, -0.2) is 15.0 Å². The maximum Gasteiger partial charge on any atom is 0.293 e. The molecule has 0 amide bonds. The Balaban J connectivity index is 2.49. The summed E-state index contributed by atoms with van der Waals surface area (Å²) in [5, 5.41) is 0. The second kappa shape index (κ2) is 3.45. The number of nitrogens with zero attached hydrogens (tertiary/aromatic N) is 3. The molecule has 72 valence electrons. The fourth-order valence-corrected chi connectivity index (χ4v) is 1.34. The molecule has 0 fully saturated rings. The van der Waals surface area contributed by atoms with Crippen molar-refractivity contribution in [3.63, 3.8) is 0 Å². The Hall–Kier alpha value is -1.91. The van der Waals surface area contributed by atoms with E-state index < -0.39 is 0 Å². The molecule has 0 aromatic carbocycles.